The molecular weight excluding hydrogens is 257 g/mol. The summed E-state index contributed by atoms with van der Waals surface area (Å²) in [5, 5.41) is 0.598. The minimum atomic E-state index is 0. The molecule has 17 heavy (non-hydrogen) atoms. The fourth-order valence-electron chi connectivity index (χ4n) is 1.39. The lowest BCUT2D eigenvalue weighted by molar-refractivity contribution is 0.482. The molecule has 0 aromatic heterocycles. The van der Waals surface area contributed by atoms with Crippen LogP contribution in [0, 0.1) is 0 Å². The molecule has 2 N–H and O–H groups in total. The van der Waals surface area contributed by atoms with Gasteiger partial charge in [0.2, 0.25) is 0 Å². The number of hydrogen-bond donors (Lipinski definition) is 1. The molecule has 0 saturated carbocycles. The molecule has 0 unspecified atom stereocenters. The van der Waals surface area contributed by atoms with Crippen LogP contribution < -0.4 is 10.5 Å². The van der Waals surface area contributed by atoms with Gasteiger partial charge in [0.05, 0.1) is 5.02 Å². The van der Waals surface area contributed by atoms with E-state index in [0.717, 1.165) is 11.3 Å². The Morgan fingerprint density at radius 1 is 1.06 bits per heavy atom. The van der Waals surface area contributed by atoms with Gasteiger partial charge < -0.3 is 10.5 Å². The minimum absolute atomic E-state index is 0. The van der Waals surface area contributed by atoms with Gasteiger partial charge in [-0.25, -0.2) is 0 Å². The Morgan fingerprint density at radius 2 is 1.82 bits per heavy atom. The van der Waals surface area contributed by atoms with Crippen LogP contribution in [0.25, 0.3) is 0 Å². The monoisotopic (exact) mass is 269 g/mol. The van der Waals surface area contributed by atoms with Gasteiger partial charge >= 0.3 is 0 Å². The van der Waals surface area contributed by atoms with Gasteiger partial charge in [0.1, 0.15) is 11.5 Å². The number of nitrogens with two attached hydrogens (primary N) is 1. The molecule has 2 aromatic carbocycles. The molecule has 4 heteroatoms. The minimum Gasteiger partial charge on any atom is -0.456 e. The van der Waals surface area contributed by atoms with Crippen molar-refractivity contribution in [3.8, 4) is 11.5 Å². The molecule has 0 amide bonds. The SMILES string of the molecule is Cl.NCc1cccc(Oc2ccccc2Cl)c1. The smallest absolute Gasteiger partial charge is 0.146 e. The molecule has 2 aromatic rings. The number of benzene rings is 2. The summed E-state index contributed by atoms with van der Waals surface area (Å²) >= 11 is 6.00. The second-order valence-corrected chi connectivity index (χ2v) is 3.79. The van der Waals surface area contributed by atoms with E-state index in [1.807, 2.05) is 42.5 Å². The molecule has 0 heterocycles. The predicted molar refractivity (Wildman–Crippen MR) is 73.1 cm³/mol. The van der Waals surface area contributed by atoms with Gasteiger partial charge in [0.15, 0.2) is 0 Å². The quantitative estimate of drug-likeness (QED) is 0.914. The summed E-state index contributed by atoms with van der Waals surface area (Å²) in [5.41, 5.74) is 6.59. The highest BCUT2D eigenvalue weighted by molar-refractivity contribution is 6.32. The molecule has 0 aliphatic rings. The van der Waals surface area contributed by atoms with Crippen LogP contribution in [-0.4, -0.2) is 0 Å². The van der Waals surface area contributed by atoms with E-state index in [-0.39, 0.29) is 12.4 Å². The third kappa shape index (κ3) is 3.63. The third-order valence-corrected chi connectivity index (χ3v) is 2.51. The van der Waals surface area contributed by atoms with Gasteiger partial charge in [0.25, 0.3) is 0 Å². The van der Waals surface area contributed by atoms with Gasteiger partial charge in [-0.1, -0.05) is 35.9 Å². The highest BCUT2D eigenvalue weighted by Crippen LogP contribution is 2.28. The average Bonchev–Trinajstić information content (AvgIpc) is 2.32. The lowest BCUT2D eigenvalue weighted by Crippen LogP contribution is -1.96. The van der Waals surface area contributed by atoms with E-state index >= 15 is 0 Å². The normalized spacial score (nSPS) is 9.53. The molecule has 0 saturated heterocycles. The highest BCUT2D eigenvalue weighted by atomic mass is 35.5. The molecule has 90 valence electrons. The van der Waals surface area contributed by atoms with Crippen LogP contribution in [0.4, 0.5) is 0 Å². The molecule has 0 radical (unpaired) electrons. The zero-order valence-corrected chi connectivity index (χ0v) is 10.7. The van der Waals surface area contributed by atoms with E-state index in [2.05, 4.69) is 0 Å². The average molecular weight is 270 g/mol. The number of ether oxygens (including phenoxy) is 1. The predicted octanol–water partition coefficient (Wildman–Crippen LogP) is 4.01. The first-order valence-corrected chi connectivity index (χ1v) is 5.39. The van der Waals surface area contributed by atoms with Crippen LogP contribution >= 0.6 is 24.0 Å². The summed E-state index contributed by atoms with van der Waals surface area (Å²) in [6.45, 7) is 0.500. The molecule has 0 atom stereocenters. The maximum atomic E-state index is 6.00. The van der Waals surface area contributed by atoms with Crippen molar-refractivity contribution >= 4 is 24.0 Å². The van der Waals surface area contributed by atoms with Crippen LogP contribution in [-0.2, 0) is 6.54 Å². The number of rotatable bonds is 3. The Kier molecular flexibility index (Phi) is 5.29. The first-order chi connectivity index (χ1) is 7.79. The van der Waals surface area contributed by atoms with Crippen LogP contribution in [0.2, 0.25) is 5.02 Å². The topological polar surface area (TPSA) is 35.2 Å². The van der Waals surface area contributed by atoms with E-state index in [1.54, 1.807) is 6.07 Å². The van der Waals surface area contributed by atoms with Crippen LogP contribution in [0.1, 0.15) is 5.56 Å². The van der Waals surface area contributed by atoms with Crippen molar-refractivity contribution in [3.63, 3.8) is 0 Å². The fourth-order valence-corrected chi connectivity index (χ4v) is 1.56. The summed E-state index contributed by atoms with van der Waals surface area (Å²) in [6.07, 6.45) is 0. The second kappa shape index (κ2) is 6.50. The van der Waals surface area contributed by atoms with Crippen molar-refractivity contribution < 1.29 is 4.74 Å². The van der Waals surface area contributed by atoms with Gasteiger partial charge in [-0.3, -0.25) is 0 Å². The van der Waals surface area contributed by atoms with Crippen LogP contribution in [0.3, 0.4) is 0 Å². The maximum absolute atomic E-state index is 6.00. The van der Waals surface area contributed by atoms with Crippen molar-refractivity contribution in [1.82, 2.24) is 0 Å². The van der Waals surface area contributed by atoms with E-state index in [4.69, 9.17) is 22.1 Å². The Bertz CT molecular complexity index is 488. The summed E-state index contributed by atoms with van der Waals surface area (Å²) in [6, 6.07) is 15.0. The van der Waals surface area contributed by atoms with E-state index in [0.29, 0.717) is 17.3 Å². The molecule has 0 aliphatic carbocycles. The van der Waals surface area contributed by atoms with Crippen molar-refractivity contribution in [3.05, 3.63) is 59.1 Å². The lowest BCUT2D eigenvalue weighted by atomic mass is 10.2. The zero-order valence-electron chi connectivity index (χ0n) is 9.10. The van der Waals surface area contributed by atoms with Crippen molar-refractivity contribution in [1.29, 1.82) is 0 Å². The van der Waals surface area contributed by atoms with E-state index in [1.165, 1.54) is 0 Å². The first kappa shape index (κ1) is 13.8. The summed E-state index contributed by atoms with van der Waals surface area (Å²) in [4.78, 5) is 0. The number of hydrogen-bond acceptors (Lipinski definition) is 2. The highest BCUT2D eigenvalue weighted by Gasteiger charge is 2.01. The van der Waals surface area contributed by atoms with Crippen LogP contribution in [0.15, 0.2) is 48.5 Å². The summed E-state index contributed by atoms with van der Waals surface area (Å²) in [7, 11) is 0. The molecule has 2 rings (SSSR count). The molecule has 0 spiro atoms. The summed E-state index contributed by atoms with van der Waals surface area (Å²) in [5.74, 6) is 1.40. The standard InChI is InChI=1S/C13H12ClNO.ClH/c14-12-6-1-2-7-13(12)16-11-5-3-4-10(8-11)9-15;/h1-8H,9,15H2;1H. The van der Waals surface area contributed by atoms with E-state index in [9.17, 15) is 0 Å². The molecule has 0 aliphatic heterocycles. The second-order valence-electron chi connectivity index (χ2n) is 3.38. The molecular formula is C13H13Cl2NO. The molecule has 0 bridgehead atoms. The van der Waals surface area contributed by atoms with Gasteiger partial charge in [0, 0.05) is 6.54 Å². The fraction of sp³-hybridized carbons (Fsp3) is 0.0769. The molecule has 2 nitrogen and oxygen atoms in total. The van der Waals surface area contributed by atoms with E-state index < -0.39 is 0 Å². The Labute approximate surface area is 112 Å². The van der Waals surface area contributed by atoms with Gasteiger partial charge in [-0.05, 0) is 29.8 Å². The van der Waals surface area contributed by atoms with Gasteiger partial charge in [-0.2, -0.15) is 0 Å². The van der Waals surface area contributed by atoms with Crippen molar-refractivity contribution in [2.24, 2.45) is 5.73 Å². The lowest BCUT2D eigenvalue weighted by Gasteiger charge is -2.08. The zero-order chi connectivity index (χ0) is 11.4. The third-order valence-electron chi connectivity index (χ3n) is 2.20. The Morgan fingerprint density at radius 3 is 2.53 bits per heavy atom. The summed E-state index contributed by atoms with van der Waals surface area (Å²) < 4.78 is 5.66. The Balaban J connectivity index is 0.00000144. The maximum Gasteiger partial charge on any atom is 0.146 e. The number of halogens is 2. The first-order valence-electron chi connectivity index (χ1n) is 5.01. The van der Waals surface area contributed by atoms with Gasteiger partial charge in [-0.15, -0.1) is 12.4 Å². The number of para-hydroxylation sites is 1. The van der Waals surface area contributed by atoms with Crippen LogP contribution in [0.5, 0.6) is 11.5 Å². The van der Waals surface area contributed by atoms with Crippen molar-refractivity contribution in [2.75, 3.05) is 0 Å². The molecule has 0 fully saturated rings. The van der Waals surface area contributed by atoms with Crippen molar-refractivity contribution in [2.45, 2.75) is 6.54 Å². The largest absolute Gasteiger partial charge is 0.456 e. The Hall–Kier alpha value is -1.22.